The van der Waals surface area contributed by atoms with E-state index in [1.807, 2.05) is 19.1 Å². The highest BCUT2D eigenvalue weighted by Crippen LogP contribution is 2.33. The maximum atomic E-state index is 11.1. The van der Waals surface area contributed by atoms with Gasteiger partial charge in [-0.2, -0.15) is 5.26 Å². The number of thioether (sulfide) groups is 1. The number of hydrogen-bond donors (Lipinski definition) is 1. The molecule has 1 rings (SSSR count). The van der Waals surface area contributed by atoms with Crippen LogP contribution in [0.5, 0.6) is 5.75 Å². The number of ether oxygens (including phenoxy) is 1. The van der Waals surface area contributed by atoms with Crippen LogP contribution >= 0.6 is 11.8 Å². The Kier molecular flexibility index (Phi) is 5.37. The van der Waals surface area contributed by atoms with Gasteiger partial charge in [-0.1, -0.05) is 19.1 Å². The van der Waals surface area contributed by atoms with E-state index in [1.54, 1.807) is 12.1 Å². The number of carbonyl (C=O) groups is 1. The summed E-state index contributed by atoms with van der Waals surface area (Å²) in [5.74, 6) is 0.515. The molecule has 1 atom stereocenters. The Morgan fingerprint density at radius 3 is 2.94 bits per heavy atom. The van der Waals surface area contributed by atoms with E-state index in [-0.39, 0.29) is 5.25 Å². The van der Waals surface area contributed by atoms with E-state index in [9.17, 15) is 4.79 Å². The van der Waals surface area contributed by atoms with E-state index >= 15 is 0 Å². The topological polar surface area (TPSA) is 62.1 Å². The minimum absolute atomic E-state index is 0.162. The maximum Gasteiger partial charge on any atom is 0.412 e. The minimum Gasteiger partial charge on any atom is -0.409 e. The number of nitriles is 1. The highest BCUT2D eigenvalue weighted by atomic mass is 32.2. The van der Waals surface area contributed by atoms with Gasteiger partial charge in [-0.05, 0) is 12.1 Å². The zero-order valence-corrected chi connectivity index (χ0v) is 10.6. The molecule has 0 aliphatic rings. The van der Waals surface area contributed by atoms with Crippen LogP contribution in [0, 0.1) is 11.3 Å². The van der Waals surface area contributed by atoms with Gasteiger partial charge in [0.25, 0.3) is 0 Å². The monoisotopic (exact) mass is 250 g/mol. The van der Waals surface area contributed by atoms with Crippen LogP contribution in [-0.2, 0) is 0 Å². The molecular formula is C12H14N2O2S. The zero-order chi connectivity index (χ0) is 12.7. The van der Waals surface area contributed by atoms with Crippen molar-refractivity contribution in [3.8, 4) is 11.8 Å². The standard InChI is InChI=1S/C12H14N2O2S/c1-9(7-8-13)17-11-6-4-3-5-10(11)16-12(15)14-2/h3-6,9H,7H2,1-2H3,(H,14,15). The molecule has 0 saturated carbocycles. The highest BCUT2D eigenvalue weighted by molar-refractivity contribution is 8.00. The summed E-state index contributed by atoms with van der Waals surface area (Å²) < 4.78 is 5.12. The number of amides is 1. The molecule has 0 aliphatic carbocycles. The molecule has 1 N–H and O–H groups in total. The van der Waals surface area contributed by atoms with E-state index in [4.69, 9.17) is 10.00 Å². The summed E-state index contributed by atoms with van der Waals surface area (Å²) in [6.45, 7) is 1.96. The average molecular weight is 250 g/mol. The number of rotatable bonds is 4. The van der Waals surface area contributed by atoms with Crippen molar-refractivity contribution in [1.29, 1.82) is 5.26 Å². The van der Waals surface area contributed by atoms with Crippen molar-refractivity contribution < 1.29 is 9.53 Å². The molecular weight excluding hydrogens is 236 g/mol. The van der Waals surface area contributed by atoms with Crippen LogP contribution in [0.3, 0.4) is 0 Å². The Morgan fingerprint density at radius 1 is 1.59 bits per heavy atom. The van der Waals surface area contributed by atoms with Crippen molar-refractivity contribution in [2.24, 2.45) is 0 Å². The molecule has 1 unspecified atom stereocenters. The van der Waals surface area contributed by atoms with Crippen molar-refractivity contribution >= 4 is 17.9 Å². The lowest BCUT2D eigenvalue weighted by Crippen LogP contribution is -2.22. The molecule has 0 aliphatic heterocycles. The third kappa shape index (κ3) is 4.37. The van der Waals surface area contributed by atoms with Gasteiger partial charge in [0.15, 0.2) is 0 Å². The number of nitrogens with one attached hydrogen (secondary N) is 1. The lowest BCUT2D eigenvalue weighted by atomic mass is 10.3. The van der Waals surface area contributed by atoms with Gasteiger partial charge in [0.1, 0.15) is 5.75 Å². The Balaban J connectivity index is 2.77. The summed E-state index contributed by atoms with van der Waals surface area (Å²) in [5, 5.41) is 11.2. The molecule has 0 aromatic heterocycles. The van der Waals surface area contributed by atoms with Gasteiger partial charge >= 0.3 is 6.09 Å². The van der Waals surface area contributed by atoms with Crippen LogP contribution in [0.2, 0.25) is 0 Å². The third-order valence-corrected chi connectivity index (χ3v) is 3.12. The normalized spacial score (nSPS) is 11.4. The van der Waals surface area contributed by atoms with Gasteiger partial charge < -0.3 is 10.1 Å². The molecule has 1 aromatic carbocycles. The Morgan fingerprint density at radius 2 is 2.29 bits per heavy atom. The lowest BCUT2D eigenvalue weighted by Gasteiger charge is -2.11. The summed E-state index contributed by atoms with van der Waals surface area (Å²) in [4.78, 5) is 12.0. The molecule has 17 heavy (non-hydrogen) atoms. The first kappa shape index (κ1) is 13.4. The number of carbonyl (C=O) groups excluding carboxylic acids is 1. The summed E-state index contributed by atoms with van der Waals surface area (Å²) in [5.41, 5.74) is 0. The van der Waals surface area contributed by atoms with Gasteiger partial charge in [0.2, 0.25) is 0 Å². The van der Waals surface area contributed by atoms with Crippen LogP contribution in [0.1, 0.15) is 13.3 Å². The van der Waals surface area contributed by atoms with Crippen LogP contribution in [0.25, 0.3) is 0 Å². The third-order valence-electron chi connectivity index (χ3n) is 1.96. The van der Waals surface area contributed by atoms with E-state index in [1.165, 1.54) is 18.8 Å². The van der Waals surface area contributed by atoms with Gasteiger partial charge in [-0.3, -0.25) is 0 Å². The van der Waals surface area contributed by atoms with Crippen molar-refractivity contribution in [2.45, 2.75) is 23.5 Å². The van der Waals surface area contributed by atoms with E-state index < -0.39 is 6.09 Å². The molecule has 0 radical (unpaired) electrons. The summed E-state index contributed by atoms with van der Waals surface area (Å²) >= 11 is 1.52. The van der Waals surface area contributed by atoms with Gasteiger partial charge in [0.05, 0.1) is 11.0 Å². The molecule has 4 nitrogen and oxygen atoms in total. The fourth-order valence-corrected chi connectivity index (χ4v) is 2.14. The van der Waals surface area contributed by atoms with Gasteiger partial charge in [0, 0.05) is 18.7 Å². The van der Waals surface area contributed by atoms with Gasteiger partial charge in [-0.15, -0.1) is 11.8 Å². The van der Waals surface area contributed by atoms with Crippen molar-refractivity contribution in [3.05, 3.63) is 24.3 Å². The fourth-order valence-electron chi connectivity index (χ4n) is 1.17. The molecule has 0 spiro atoms. The predicted molar refractivity (Wildman–Crippen MR) is 67.1 cm³/mol. The Labute approximate surface area is 105 Å². The molecule has 0 fully saturated rings. The summed E-state index contributed by atoms with van der Waals surface area (Å²) in [7, 11) is 1.51. The second-order valence-corrected chi connectivity index (χ2v) is 4.86. The Hall–Kier alpha value is -1.67. The van der Waals surface area contributed by atoms with E-state index in [2.05, 4.69) is 11.4 Å². The average Bonchev–Trinajstić information content (AvgIpc) is 2.31. The fraction of sp³-hybridized carbons (Fsp3) is 0.333. The second-order valence-electron chi connectivity index (χ2n) is 3.38. The molecule has 0 bridgehead atoms. The van der Waals surface area contributed by atoms with Crippen LogP contribution in [0.15, 0.2) is 29.2 Å². The SMILES string of the molecule is CNC(=O)Oc1ccccc1SC(C)CC#N. The molecule has 90 valence electrons. The molecule has 1 aromatic rings. The largest absolute Gasteiger partial charge is 0.412 e. The number of para-hydroxylation sites is 1. The first-order chi connectivity index (χ1) is 8.17. The number of hydrogen-bond acceptors (Lipinski definition) is 4. The quantitative estimate of drug-likeness (QED) is 0.835. The number of benzene rings is 1. The van der Waals surface area contributed by atoms with Crippen molar-refractivity contribution in [3.63, 3.8) is 0 Å². The molecule has 0 saturated heterocycles. The van der Waals surface area contributed by atoms with Crippen LogP contribution in [0.4, 0.5) is 4.79 Å². The molecule has 0 heterocycles. The highest BCUT2D eigenvalue weighted by Gasteiger charge is 2.11. The Bertz CT molecular complexity index is 429. The number of nitrogens with zero attached hydrogens (tertiary/aromatic N) is 1. The van der Waals surface area contributed by atoms with Crippen LogP contribution in [-0.4, -0.2) is 18.4 Å². The molecule has 5 heteroatoms. The van der Waals surface area contributed by atoms with Gasteiger partial charge in [-0.25, -0.2) is 4.79 Å². The predicted octanol–water partition coefficient (Wildman–Crippen LogP) is 2.80. The lowest BCUT2D eigenvalue weighted by molar-refractivity contribution is 0.202. The maximum absolute atomic E-state index is 11.1. The molecule has 1 amide bonds. The zero-order valence-electron chi connectivity index (χ0n) is 9.77. The first-order valence-corrected chi connectivity index (χ1v) is 6.07. The van der Waals surface area contributed by atoms with E-state index in [0.717, 1.165) is 4.90 Å². The van der Waals surface area contributed by atoms with Crippen LogP contribution < -0.4 is 10.1 Å². The van der Waals surface area contributed by atoms with Crippen molar-refractivity contribution in [2.75, 3.05) is 7.05 Å². The minimum atomic E-state index is -0.494. The van der Waals surface area contributed by atoms with E-state index in [0.29, 0.717) is 12.2 Å². The smallest absolute Gasteiger partial charge is 0.409 e. The first-order valence-electron chi connectivity index (χ1n) is 5.19. The summed E-state index contributed by atoms with van der Waals surface area (Å²) in [6, 6.07) is 9.40. The second kappa shape index (κ2) is 6.81. The summed E-state index contributed by atoms with van der Waals surface area (Å²) in [6.07, 6.45) is -0.0371. The van der Waals surface area contributed by atoms with Crippen molar-refractivity contribution in [1.82, 2.24) is 5.32 Å².